The number of amides is 1. The molecule has 4 N–H and O–H groups in total. The van der Waals surface area contributed by atoms with Gasteiger partial charge in [0.25, 0.3) is 11.5 Å². The third-order valence-electron chi connectivity index (χ3n) is 6.86. The molecule has 1 saturated heterocycles. The lowest BCUT2D eigenvalue weighted by atomic mass is 10.1. The standard InChI is InChI=1S/C27H30N8O3/c1-16-14-30-24-17(2)21(15-31-27(24)38-16)33-20-6-7-29-25(36)23(20)26(37)32-19-4-5-22(18(12-19)13-28)35-10-8-34(3)9-11-35/h4-7,12,15-16,30H,8-11,14H2,1-3H3,(H,32,37)(H2,29,33,36). The lowest BCUT2D eigenvalue weighted by Crippen LogP contribution is -2.44. The van der Waals surface area contributed by atoms with Crippen LogP contribution in [0.25, 0.3) is 0 Å². The van der Waals surface area contributed by atoms with Crippen LogP contribution in [0.5, 0.6) is 5.88 Å². The molecule has 1 atom stereocenters. The number of piperazine rings is 1. The molecule has 38 heavy (non-hydrogen) atoms. The van der Waals surface area contributed by atoms with Crippen LogP contribution in [0, 0.1) is 18.3 Å². The van der Waals surface area contributed by atoms with Crippen LogP contribution >= 0.6 is 0 Å². The fourth-order valence-electron chi connectivity index (χ4n) is 4.65. The summed E-state index contributed by atoms with van der Waals surface area (Å²) >= 11 is 0. The highest BCUT2D eigenvalue weighted by Crippen LogP contribution is 2.35. The van der Waals surface area contributed by atoms with Crippen molar-refractivity contribution in [2.75, 3.05) is 60.6 Å². The minimum absolute atomic E-state index is 0.00774. The van der Waals surface area contributed by atoms with E-state index in [2.05, 4.69) is 48.8 Å². The van der Waals surface area contributed by atoms with Crippen molar-refractivity contribution in [1.82, 2.24) is 14.9 Å². The van der Waals surface area contributed by atoms with Crippen LogP contribution in [0.4, 0.5) is 28.4 Å². The van der Waals surface area contributed by atoms with Gasteiger partial charge in [-0.2, -0.15) is 5.26 Å². The van der Waals surface area contributed by atoms with Gasteiger partial charge in [0.2, 0.25) is 5.88 Å². The van der Waals surface area contributed by atoms with Crippen molar-refractivity contribution in [3.8, 4) is 11.9 Å². The van der Waals surface area contributed by atoms with Gasteiger partial charge in [-0.25, -0.2) is 4.98 Å². The predicted octanol–water partition coefficient (Wildman–Crippen LogP) is 2.89. The third kappa shape index (κ3) is 4.99. The van der Waals surface area contributed by atoms with Crippen molar-refractivity contribution < 1.29 is 9.53 Å². The van der Waals surface area contributed by atoms with Gasteiger partial charge in [-0.15, -0.1) is 0 Å². The van der Waals surface area contributed by atoms with Crippen molar-refractivity contribution in [3.05, 3.63) is 63.7 Å². The fourth-order valence-corrected chi connectivity index (χ4v) is 4.65. The highest BCUT2D eigenvalue weighted by Gasteiger charge is 2.23. The van der Waals surface area contributed by atoms with Crippen LogP contribution in [0.1, 0.15) is 28.4 Å². The molecule has 196 valence electrons. The molecule has 0 radical (unpaired) electrons. The van der Waals surface area contributed by atoms with Crippen LogP contribution in [0.3, 0.4) is 0 Å². The smallest absolute Gasteiger partial charge is 0.263 e. The SMILES string of the molecule is Cc1c(Nc2cc[nH]c(=O)c2C(=O)Nc2ccc(N3CCN(C)CC3)c(C#N)c2)cnc2c1NCC(C)O2. The molecule has 2 aliphatic rings. The second kappa shape index (κ2) is 10.4. The molecular weight excluding hydrogens is 484 g/mol. The Morgan fingerprint density at radius 1 is 1.21 bits per heavy atom. The number of carbonyl (C=O) groups is 1. The maximum atomic E-state index is 13.3. The average molecular weight is 515 g/mol. The summed E-state index contributed by atoms with van der Waals surface area (Å²) in [5.41, 5.74) is 3.70. The van der Waals surface area contributed by atoms with Gasteiger partial charge in [0.15, 0.2) is 0 Å². The number of rotatable bonds is 5. The van der Waals surface area contributed by atoms with E-state index < -0.39 is 11.5 Å². The number of benzene rings is 1. The molecule has 1 unspecified atom stereocenters. The molecule has 4 heterocycles. The van der Waals surface area contributed by atoms with Crippen LogP contribution in [-0.4, -0.2) is 66.7 Å². The maximum absolute atomic E-state index is 13.3. The number of nitriles is 1. The highest BCUT2D eigenvalue weighted by atomic mass is 16.5. The van der Waals surface area contributed by atoms with Crippen LogP contribution in [0.15, 0.2) is 41.5 Å². The van der Waals surface area contributed by atoms with Gasteiger partial charge < -0.3 is 35.5 Å². The average Bonchev–Trinajstić information content (AvgIpc) is 2.90. The number of fused-ring (bicyclic) bond motifs is 1. The van der Waals surface area contributed by atoms with Crippen molar-refractivity contribution in [2.24, 2.45) is 0 Å². The van der Waals surface area contributed by atoms with E-state index in [0.29, 0.717) is 35.1 Å². The first kappa shape index (κ1) is 25.1. The van der Waals surface area contributed by atoms with E-state index in [9.17, 15) is 14.9 Å². The number of nitrogens with zero attached hydrogens (tertiary/aromatic N) is 4. The number of H-pyrrole nitrogens is 1. The number of hydrogen-bond donors (Lipinski definition) is 4. The lowest BCUT2D eigenvalue weighted by molar-refractivity contribution is 0.102. The van der Waals surface area contributed by atoms with Crippen molar-refractivity contribution >= 4 is 34.3 Å². The number of ether oxygens (including phenoxy) is 1. The topological polar surface area (TPSA) is 138 Å². The zero-order chi connectivity index (χ0) is 26.8. The number of aromatic amines is 1. The van der Waals surface area contributed by atoms with Crippen LogP contribution < -0.4 is 31.1 Å². The van der Waals surface area contributed by atoms with Gasteiger partial charge >= 0.3 is 0 Å². The summed E-state index contributed by atoms with van der Waals surface area (Å²) in [5, 5.41) is 19.1. The summed E-state index contributed by atoms with van der Waals surface area (Å²) in [6.45, 7) is 7.99. The second-order valence-corrected chi connectivity index (χ2v) is 9.60. The van der Waals surface area contributed by atoms with E-state index in [1.807, 2.05) is 19.9 Å². The summed E-state index contributed by atoms with van der Waals surface area (Å²) < 4.78 is 5.79. The third-order valence-corrected chi connectivity index (χ3v) is 6.86. The molecule has 0 bridgehead atoms. The normalized spacial score (nSPS) is 17.0. The number of anilines is 5. The van der Waals surface area contributed by atoms with Gasteiger partial charge in [-0.05, 0) is 45.2 Å². The van der Waals surface area contributed by atoms with E-state index in [1.54, 1.807) is 24.4 Å². The number of aromatic nitrogens is 2. The number of hydrogen-bond acceptors (Lipinski definition) is 9. The highest BCUT2D eigenvalue weighted by molar-refractivity contribution is 6.08. The zero-order valence-corrected chi connectivity index (χ0v) is 21.6. The molecule has 11 nitrogen and oxygen atoms in total. The Labute approximate surface area is 220 Å². The Morgan fingerprint density at radius 3 is 2.76 bits per heavy atom. The molecular formula is C27H30N8O3. The molecule has 11 heteroatoms. The summed E-state index contributed by atoms with van der Waals surface area (Å²) in [5.74, 6) is -0.0755. The molecule has 1 amide bonds. The first-order valence-electron chi connectivity index (χ1n) is 12.5. The molecule has 3 aromatic rings. The molecule has 1 fully saturated rings. The number of pyridine rings is 2. The summed E-state index contributed by atoms with van der Waals surface area (Å²) in [7, 11) is 2.07. The Hall–Kier alpha value is -4.56. The lowest BCUT2D eigenvalue weighted by Gasteiger charge is -2.34. The van der Waals surface area contributed by atoms with Crippen molar-refractivity contribution in [3.63, 3.8) is 0 Å². The second-order valence-electron chi connectivity index (χ2n) is 9.60. The van der Waals surface area contributed by atoms with E-state index >= 15 is 0 Å². The quantitative estimate of drug-likeness (QED) is 0.405. The molecule has 0 aliphatic carbocycles. The Morgan fingerprint density at radius 2 is 2.00 bits per heavy atom. The van der Waals surface area contributed by atoms with E-state index in [4.69, 9.17) is 4.74 Å². The zero-order valence-electron chi connectivity index (χ0n) is 21.6. The van der Waals surface area contributed by atoms with Gasteiger partial charge in [0.05, 0.1) is 35.4 Å². The number of carbonyl (C=O) groups excluding carboxylic acids is 1. The Bertz CT molecular complexity index is 1470. The van der Waals surface area contributed by atoms with Crippen LogP contribution in [0.2, 0.25) is 0 Å². The minimum Gasteiger partial charge on any atom is -0.471 e. The molecule has 1 aromatic carbocycles. The molecule has 2 aliphatic heterocycles. The fraction of sp³-hybridized carbons (Fsp3) is 0.333. The van der Waals surface area contributed by atoms with Gasteiger partial charge in [0.1, 0.15) is 23.4 Å². The molecule has 2 aromatic heterocycles. The Balaban J connectivity index is 1.39. The van der Waals surface area contributed by atoms with E-state index in [1.165, 1.54) is 6.20 Å². The summed E-state index contributed by atoms with van der Waals surface area (Å²) in [6, 6.07) is 9.09. The molecule has 0 saturated carbocycles. The van der Waals surface area contributed by atoms with E-state index in [-0.39, 0.29) is 11.7 Å². The van der Waals surface area contributed by atoms with E-state index in [0.717, 1.165) is 43.1 Å². The van der Waals surface area contributed by atoms with Gasteiger partial charge in [-0.3, -0.25) is 9.59 Å². The van der Waals surface area contributed by atoms with Gasteiger partial charge in [0, 0.05) is 43.6 Å². The maximum Gasteiger partial charge on any atom is 0.263 e. The summed E-state index contributed by atoms with van der Waals surface area (Å²) in [4.78, 5) is 37.4. The molecule has 5 rings (SSSR count). The monoisotopic (exact) mass is 514 g/mol. The van der Waals surface area contributed by atoms with Crippen molar-refractivity contribution in [1.29, 1.82) is 5.26 Å². The largest absolute Gasteiger partial charge is 0.471 e. The van der Waals surface area contributed by atoms with Crippen molar-refractivity contribution in [2.45, 2.75) is 20.0 Å². The number of nitrogens with one attached hydrogen (secondary N) is 4. The first-order chi connectivity index (χ1) is 18.3. The summed E-state index contributed by atoms with van der Waals surface area (Å²) in [6.07, 6.45) is 3.10. The number of likely N-dealkylation sites (N-methyl/N-ethyl adjacent to an activating group) is 1. The van der Waals surface area contributed by atoms with Gasteiger partial charge in [-0.1, -0.05) is 0 Å². The predicted molar refractivity (Wildman–Crippen MR) is 147 cm³/mol. The molecule has 0 spiro atoms. The minimum atomic E-state index is -0.593. The first-order valence-corrected chi connectivity index (χ1v) is 12.5. The van der Waals surface area contributed by atoms with Crippen LogP contribution in [-0.2, 0) is 0 Å². The Kier molecular flexibility index (Phi) is 6.89.